The maximum absolute atomic E-state index is 5.92. The molecule has 0 bridgehead atoms. The molecule has 3 heteroatoms. The van der Waals surface area contributed by atoms with E-state index in [9.17, 15) is 0 Å². The van der Waals surface area contributed by atoms with Crippen LogP contribution in [0, 0.1) is 6.92 Å². The summed E-state index contributed by atoms with van der Waals surface area (Å²) in [6, 6.07) is 13.7. The Kier molecular flexibility index (Phi) is 5.02. The molecule has 3 nitrogen and oxygen atoms in total. The first-order chi connectivity index (χ1) is 9.74. The first-order valence-corrected chi connectivity index (χ1v) is 6.94. The van der Waals surface area contributed by atoms with Crippen LogP contribution in [0.3, 0.4) is 0 Å². The molecule has 0 radical (unpaired) electrons. The van der Waals surface area contributed by atoms with Gasteiger partial charge in [-0.1, -0.05) is 25.1 Å². The van der Waals surface area contributed by atoms with Crippen molar-refractivity contribution in [3.63, 3.8) is 0 Å². The van der Waals surface area contributed by atoms with Crippen LogP contribution in [-0.2, 0) is 6.54 Å². The van der Waals surface area contributed by atoms with Crippen LogP contribution in [0.1, 0.15) is 24.5 Å². The van der Waals surface area contributed by atoms with Crippen LogP contribution >= 0.6 is 0 Å². The van der Waals surface area contributed by atoms with Crippen molar-refractivity contribution < 1.29 is 9.47 Å². The third-order valence-electron chi connectivity index (χ3n) is 3.07. The molecule has 0 fully saturated rings. The zero-order valence-corrected chi connectivity index (χ0v) is 12.1. The van der Waals surface area contributed by atoms with Gasteiger partial charge in [-0.25, -0.2) is 0 Å². The standard InChI is InChI=1S/C17H21NO2/c1-3-10-19-16-6-4-5-7-17(16)20-15-9-8-14(12-18)13(2)11-15/h4-9,11H,3,10,12,18H2,1-2H3. The molecular weight excluding hydrogens is 250 g/mol. The van der Waals surface area contributed by atoms with Crippen molar-refractivity contribution >= 4 is 0 Å². The molecule has 2 aromatic rings. The second-order valence-electron chi connectivity index (χ2n) is 4.69. The number of benzene rings is 2. The van der Waals surface area contributed by atoms with Crippen LogP contribution < -0.4 is 15.2 Å². The van der Waals surface area contributed by atoms with Gasteiger partial charge in [-0.05, 0) is 48.7 Å². The Morgan fingerprint density at radius 1 is 1.05 bits per heavy atom. The lowest BCUT2D eigenvalue weighted by molar-refractivity contribution is 0.302. The van der Waals surface area contributed by atoms with E-state index in [1.807, 2.05) is 49.4 Å². The number of rotatable bonds is 6. The van der Waals surface area contributed by atoms with E-state index in [-0.39, 0.29) is 0 Å². The monoisotopic (exact) mass is 271 g/mol. The van der Waals surface area contributed by atoms with Crippen LogP contribution in [0.2, 0.25) is 0 Å². The van der Waals surface area contributed by atoms with Crippen molar-refractivity contribution in [2.24, 2.45) is 5.73 Å². The van der Waals surface area contributed by atoms with Gasteiger partial charge in [0.05, 0.1) is 6.61 Å². The largest absolute Gasteiger partial charge is 0.490 e. The van der Waals surface area contributed by atoms with Gasteiger partial charge in [-0.3, -0.25) is 0 Å². The van der Waals surface area contributed by atoms with E-state index in [2.05, 4.69) is 6.92 Å². The SMILES string of the molecule is CCCOc1ccccc1Oc1ccc(CN)c(C)c1. The first kappa shape index (κ1) is 14.4. The highest BCUT2D eigenvalue weighted by Crippen LogP contribution is 2.32. The molecular formula is C17H21NO2. The molecule has 106 valence electrons. The summed E-state index contributed by atoms with van der Waals surface area (Å²) < 4.78 is 11.6. The second kappa shape index (κ2) is 6.96. The van der Waals surface area contributed by atoms with Crippen molar-refractivity contribution in [3.05, 3.63) is 53.6 Å². The molecule has 0 saturated heterocycles. The Balaban J connectivity index is 2.19. The fourth-order valence-corrected chi connectivity index (χ4v) is 1.95. The summed E-state index contributed by atoms with van der Waals surface area (Å²) in [5.41, 5.74) is 7.94. The minimum absolute atomic E-state index is 0.544. The summed E-state index contributed by atoms with van der Waals surface area (Å²) in [5.74, 6) is 2.31. The predicted molar refractivity (Wildman–Crippen MR) is 81.4 cm³/mol. The fraction of sp³-hybridized carbons (Fsp3) is 0.294. The molecule has 0 heterocycles. The van der Waals surface area contributed by atoms with Crippen molar-refractivity contribution in [2.45, 2.75) is 26.8 Å². The molecule has 0 saturated carbocycles. The molecule has 2 N–H and O–H groups in total. The van der Waals surface area contributed by atoms with Gasteiger partial charge in [0.2, 0.25) is 0 Å². The average Bonchev–Trinajstić information content (AvgIpc) is 2.46. The van der Waals surface area contributed by atoms with Crippen molar-refractivity contribution in [3.8, 4) is 17.2 Å². The number of aryl methyl sites for hydroxylation is 1. The van der Waals surface area contributed by atoms with Gasteiger partial charge in [0.15, 0.2) is 11.5 Å². The Hall–Kier alpha value is -2.00. The average molecular weight is 271 g/mol. The summed E-state index contributed by atoms with van der Waals surface area (Å²) in [7, 11) is 0. The summed E-state index contributed by atoms with van der Waals surface area (Å²) in [6.07, 6.45) is 0.971. The van der Waals surface area contributed by atoms with Gasteiger partial charge in [-0.15, -0.1) is 0 Å². The van der Waals surface area contributed by atoms with Gasteiger partial charge in [0.1, 0.15) is 5.75 Å². The maximum atomic E-state index is 5.92. The molecule has 0 aliphatic rings. The highest BCUT2D eigenvalue weighted by Gasteiger charge is 2.06. The molecule has 0 aromatic heterocycles. The smallest absolute Gasteiger partial charge is 0.169 e. The summed E-state index contributed by atoms with van der Waals surface area (Å²) >= 11 is 0. The van der Waals surface area contributed by atoms with E-state index in [4.69, 9.17) is 15.2 Å². The Bertz CT molecular complexity index is 567. The topological polar surface area (TPSA) is 44.5 Å². The Morgan fingerprint density at radius 3 is 2.45 bits per heavy atom. The third kappa shape index (κ3) is 3.52. The molecule has 0 unspecified atom stereocenters. The fourth-order valence-electron chi connectivity index (χ4n) is 1.95. The van der Waals surface area contributed by atoms with Crippen LogP contribution in [0.15, 0.2) is 42.5 Å². The van der Waals surface area contributed by atoms with Gasteiger partial charge < -0.3 is 15.2 Å². The second-order valence-corrected chi connectivity index (χ2v) is 4.69. The first-order valence-electron chi connectivity index (χ1n) is 6.94. The molecule has 0 atom stereocenters. The highest BCUT2D eigenvalue weighted by atomic mass is 16.5. The van der Waals surface area contributed by atoms with E-state index in [0.29, 0.717) is 13.2 Å². The molecule has 0 spiro atoms. The zero-order chi connectivity index (χ0) is 14.4. The molecule has 20 heavy (non-hydrogen) atoms. The number of hydrogen-bond acceptors (Lipinski definition) is 3. The van der Waals surface area contributed by atoms with Crippen LogP contribution in [0.5, 0.6) is 17.2 Å². The predicted octanol–water partition coefficient (Wildman–Crippen LogP) is 4.03. The third-order valence-corrected chi connectivity index (χ3v) is 3.07. The number of hydrogen-bond donors (Lipinski definition) is 1. The molecule has 0 aliphatic carbocycles. The van der Waals surface area contributed by atoms with E-state index in [1.165, 1.54) is 0 Å². The molecule has 0 aliphatic heterocycles. The van der Waals surface area contributed by atoms with E-state index in [1.54, 1.807) is 0 Å². The lowest BCUT2D eigenvalue weighted by Crippen LogP contribution is -2.00. The highest BCUT2D eigenvalue weighted by molar-refractivity contribution is 5.44. The number of nitrogens with two attached hydrogens (primary N) is 1. The van der Waals surface area contributed by atoms with Crippen molar-refractivity contribution in [1.82, 2.24) is 0 Å². The summed E-state index contributed by atoms with van der Waals surface area (Å²) in [6.45, 7) is 5.35. The van der Waals surface area contributed by atoms with Crippen molar-refractivity contribution in [1.29, 1.82) is 0 Å². The minimum atomic E-state index is 0.544. The molecule has 2 aromatic carbocycles. The van der Waals surface area contributed by atoms with Gasteiger partial charge in [0, 0.05) is 6.54 Å². The van der Waals surface area contributed by atoms with Gasteiger partial charge in [0.25, 0.3) is 0 Å². The minimum Gasteiger partial charge on any atom is -0.490 e. The zero-order valence-electron chi connectivity index (χ0n) is 12.1. The van der Waals surface area contributed by atoms with E-state index < -0.39 is 0 Å². The van der Waals surface area contributed by atoms with Gasteiger partial charge in [-0.2, -0.15) is 0 Å². The number of ether oxygens (including phenoxy) is 2. The van der Waals surface area contributed by atoms with E-state index in [0.717, 1.165) is 34.8 Å². The maximum Gasteiger partial charge on any atom is 0.169 e. The van der Waals surface area contributed by atoms with Crippen LogP contribution in [0.4, 0.5) is 0 Å². The molecule has 2 rings (SSSR count). The lowest BCUT2D eigenvalue weighted by Gasteiger charge is -2.13. The quantitative estimate of drug-likeness (QED) is 0.862. The molecule has 0 amide bonds. The lowest BCUT2D eigenvalue weighted by atomic mass is 10.1. The van der Waals surface area contributed by atoms with Gasteiger partial charge >= 0.3 is 0 Å². The van der Waals surface area contributed by atoms with Crippen molar-refractivity contribution in [2.75, 3.05) is 6.61 Å². The Morgan fingerprint density at radius 2 is 1.80 bits per heavy atom. The van der Waals surface area contributed by atoms with E-state index >= 15 is 0 Å². The summed E-state index contributed by atoms with van der Waals surface area (Å²) in [5, 5.41) is 0. The normalized spacial score (nSPS) is 10.3. The summed E-state index contributed by atoms with van der Waals surface area (Å²) in [4.78, 5) is 0. The number of para-hydroxylation sites is 2. The Labute approximate surface area is 120 Å². The van der Waals surface area contributed by atoms with Crippen LogP contribution in [0.25, 0.3) is 0 Å². The van der Waals surface area contributed by atoms with Crippen LogP contribution in [-0.4, -0.2) is 6.61 Å².